The van der Waals surface area contributed by atoms with Crippen molar-refractivity contribution >= 4 is 35.2 Å². The number of anilines is 1. The van der Waals surface area contributed by atoms with Crippen molar-refractivity contribution in [3.63, 3.8) is 0 Å². The van der Waals surface area contributed by atoms with Crippen LogP contribution in [0.4, 0.5) is 5.69 Å². The highest BCUT2D eigenvalue weighted by Crippen LogP contribution is 2.40. The predicted octanol–water partition coefficient (Wildman–Crippen LogP) is 0.855. The summed E-state index contributed by atoms with van der Waals surface area (Å²) in [6, 6.07) is 8.58. The summed E-state index contributed by atoms with van der Waals surface area (Å²) in [7, 11) is 0. The fourth-order valence-electron chi connectivity index (χ4n) is 2.69. The van der Waals surface area contributed by atoms with Crippen molar-refractivity contribution in [2.24, 2.45) is 0 Å². The van der Waals surface area contributed by atoms with Crippen molar-refractivity contribution in [3.8, 4) is 0 Å². The van der Waals surface area contributed by atoms with E-state index in [1.165, 1.54) is 16.7 Å². The number of hydrogen-bond acceptors (Lipinski definition) is 5. The number of carboxylic acid groups (broad SMARTS) is 1. The molecule has 3 rings (SSSR count). The lowest BCUT2D eigenvalue weighted by Gasteiger charge is -2.49. The molecule has 1 saturated heterocycles. The smallest absolute Gasteiger partial charge is 0.352 e. The third-order valence-corrected chi connectivity index (χ3v) is 5.14. The molecular formula is C16H17N3O4S. The van der Waals surface area contributed by atoms with Gasteiger partial charge in [0.1, 0.15) is 17.1 Å². The van der Waals surface area contributed by atoms with Crippen LogP contribution in [0.1, 0.15) is 6.92 Å². The summed E-state index contributed by atoms with van der Waals surface area (Å²) in [5.74, 6) is -1.83. The van der Waals surface area contributed by atoms with Gasteiger partial charge >= 0.3 is 5.97 Å². The minimum absolute atomic E-state index is 0.0100. The standard InChI is InChI=1S/C16H17N3O4S/c1-9-7-11(16(22)23)19-14(21)13(15(19)24-9)18-12(20)8-17-10-5-3-2-4-6-10/h2-7,9,13,15,17H,8H2,1H3,(H,18,20)(H,22,23)/t9?,13?,15-/m0/s1. The van der Waals surface area contributed by atoms with Crippen LogP contribution in [0.5, 0.6) is 0 Å². The summed E-state index contributed by atoms with van der Waals surface area (Å²) in [5, 5.41) is 14.5. The zero-order chi connectivity index (χ0) is 17.3. The Morgan fingerprint density at radius 3 is 2.67 bits per heavy atom. The molecule has 1 aromatic carbocycles. The molecule has 1 aromatic rings. The first-order valence-corrected chi connectivity index (χ1v) is 8.43. The average molecular weight is 347 g/mol. The number of nitrogens with zero attached hydrogens (tertiary/aromatic N) is 1. The lowest BCUT2D eigenvalue weighted by atomic mass is 10.0. The zero-order valence-electron chi connectivity index (χ0n) is 12.9. The van der Waals surface area contributed by atoms with Gasteiger partial charge in [0.25, 0.3) is 5.91 Å². The van der Waals surface area contributed by atoms with Gasteiger partial charge in [-0.05, 0) is 25.1 Å². The first-order valence-electron chi connectivity index (χ1n) is 7.49. The number of carbonyl (C=O) groups is 3. The molecule has 0 aromatic heterocycles. The van der Waals surface area contributed by atoms with E-state index in [9.17, 15) is 19.5 Å². The van der Waals surface area contributed by atoms with Gasteiger partial charge in [-0.3, -0.25) is 14.5 Å². The maximum Gasteiger partial charge on any atom is 0.352 e. The number of amides is 2. The SMILES string of the molecule is CC1C=C(C(=O)O)N2C(=O)C(NC(=O)CNc3ccccc3)[C@@H]2S1. The average Bonchev–Trinajstić information content (AvgIpc) is 2.57. The molecule has 3 atom stereocenters. The van der Waals surface area contributed by atoms with Crippen LogP contribution in [0.25, 0.3) is 0 Å². The number of carbonyl (C=O) groups excluding carboxylic acids is 2. The van der Waals surface area contributed by atoms with E-state index in [4.69, 9.17) is 0 Å². The Labute approximate surface area is 143 Å². The number of aliphatic carboxylic acids is 1. The molecule has 2 aliphatic rings. The highest BCUT2D eigenvalue weighted by Gasteiger charge is 2.53. The van der Waals surface area contributed by atoms with Crippen molar-refractivity contribution in [2.75, 3.05) is 11.9 Å². The van der Waals surface area contributed by atoms with Crippen molar-refractivity contribution in [1.82, 2.24) is 10.2 Å². The molecule has 0 radical (unpaired) electrons. The third-order valence-electron chi connectivity index (χ3n) is 3.81. The number of fused-ring (bicyclic) bond motifs is 1. The molecule has 8 heteroatoms. The van der Waals surface area contributed by atoms with E-state index in [-0.39, 0.29) is 34.7 Å². The highest BCUT2D eigenvalue weighted by molar-refractivity contribution is 8.00. The first kappa shape index (κ1) is 16.4. The molecule has 2 unspecified atom stereocenters. The molecule has 7 nitrogen and oxygen atoms in total. The summed E-state index contributed by atoms with van der Waals surface area (Å²) in [6.07, 6.45) is 1.55. The van der Waals surface area contributed by atoms with E-state index in [1.54, 1.807) is 6.08 Å². The fraction of sp³-hybridized carbons (Fsp3) is 0.312. The number of rotatable bonds is 5. The summed E-state index contributed by atoms with van der Waals surface area (Å²) in [6.45, 7) is 1.91. The maximum absolute atomic E-state index is 12.2. The largest absolute Gasteiger partial charge is 0.477 e. The maximum atomic E-state index is 12.2. The normalized spacial score (nSPS) is 25.2. The zero-order valence-corrected chi connectivity index (χ0v) is 13.7. The molecule has 0 bridgehead atoms. The van der Waals surface area contributed by atoms with E-state index in [2.05, 4.69) is 10.6 Å². The molecular weight excluding hydrogens is 330 g/mol. The van der Waals surface area contributed by atoms with Crippen LogP contribution in [-0.4, -0.2) is 51.0 Å². The van der Waals surface area contributed by atoms with E-state index in [0.29, 0.717) is 0 Å². The molecule has 126 valence electrons. The van der Waals surface area contributed by atoms with Gasteiger partial charge in [-0.2, -0.15) is 0 Å². The van der Waals surface area contributed by atoms with Crippen LogP contribution in [0.2, 0.25) is 0 Å². The molecule has 24 heavy (non-hydrogen) atoms. The van der Waals surface area contributed by atoms with Gasteiger partial charge in [-0.15, -0.1) is 11.8 Å². The molecule has 2 aliphatic heterocycles. The Morgan fingerprint density at radius 1 is 1.29 bits per heavy atom. The van der Waals surface area contributed by atoms with Crippen molar-refractivity contribution in [2.45, 2.75) is 23.6 Å². The number of nitrogens with one attached hydrogen (secondary N) is 2. The molecule has 3 N–H and O–H groups in total. The van der Waals surface area contributed by atoms with Crippen molar-refractivity contribution in [3.05, 3.63) is 42.1 Å². The van der Waals surface area contributed by atoms with E-state index < -0.39 is 12.0 Å². The van der Waals surface area contributed by atoms with Crippen LogP contribution in [-0.2, 0) is 14.4 Å². The van der Waals surface area contributed by atoms with Crippen molar-refractivity contribution < 1.29 is 19.5 Å². The Hall–Kier alpha value is -2.48. The highest BCUT2D eigenvalue weighted by atomic mass is 32.2. The van der Waals surface area contributed by atoms with Gasteiger partial charge in [-0.1, -0.05) is 18.2 Å². The summed E-state index contributed by atoms with van der Waals surface area (Å²) < 4.78 is 0. The second kappa shape index (κ2) is 6.56. The molecule has 2 amide bonds. The molecule has 2 heterocycles. The minimum Gasteiger partial charge on any atom is -0.477 e. The summed E-state index contributed by atoms with van der Waals surface area (Å²) in [5.41, 5.74) is 0.801. The summed E-state index contributed by atoms with van der Waals surface area (Å²) >= 11 is 1.46. The topological polar surface area (TPSA) is 98.7 Å². The van der Waals surface area contributed by atoms with Crippen LogP contribution < -0.4 is 10.6 Å². The number of hydrogen-bond donors (Lipinski definition) is 3. The molecule has 0 aliphatic carbocycles. The first-order chi connectivity index (χ1) is 11.5. The van der Waals surface area contributed by atoms with Gasteiger partial charge < -0.3 is 15.7 Å². The van der Waals surface area contributed by atoms with Crippen LogP contribution in [0, 0.1) is 0 Å². The Balaban J connectivity index is 1.59. The summed E-state index contributed by atoms with van der Waals surface area (Å²) in [4.78, 5) is 36.7. The second-order valence-electron chi connectivity index (χ2n) is 5.56. The Morgan fingerprint density at radius 2 is 2.00 bits per heavy atom. The number of para-hydroxylation sites is 1. The predicted molar refractivity (Wildman–Crippen MR) is 90.3 cm³/mol. The Bertz CT molecular complexity index is 707. The molecule has 0 spiro atoms. The fourth-order valence-corrected chi connectivity index (χ4v) is 4.02. The third kappa shape index (κ3) is 3.09. The second-order valence-corrected chi connectivity index (χ2v) is 7.06. The lowest BCUT2D eigenvalue weighted by Crippen LogP contribution is -2.70. The van der Waals surface area contributed by atoms with Gasteiger partial charge in [0.05, 0.1) is 6.54 Å². The number of β-lactam (4-membered cyclic amide) rings is 1. The number of benzene rings is 1. The number of thioether (sulfide) groups is 1. The molecule has 0 saturated carbocycles. The van der Waals surface area contributed by atoms with E-state index in [1.807, 2.05) is 37.3 Å². The van der Waals surface area contributed by atoms with E-state index >= 15 is 0 Å². The minimum atomic E-state index is -1.13. The monoisotopic (exact) mass is 347 g/mol. The van der Waals surface area contributed by atoms with Gasteiger partial charge in [0.15, 0.2) is 0 Å². The van der Waals surface area contributed by atoms with Gasteiger partial charge in [-0.25, -0.2) is 4.79 Å². The van der Waals surface area contributed by atoms with Gasteiger partial charge in [0, 0.05) is 10.9 Å². The van der Waals surface area contributed by atoms with Crippen molar-refractivity contribution in [1.29, 1.82) is 0 Å². The van der Waals surface area contributed by atoms with Crippen LogP contribution in [0.15, 0.2) is 42.1 Å². The van der Waals surface area contributed by atoms with E-state index in [0.717, 1.165) is 5.69 Å². The van der Waals surface area contributed by atoms with Crippen LogP contribution in [0.3, 0.4) is 0 Å². The Kier molecular flexibility index (Phi) is 4.48. The van der Waals surface area contributed by atoms with Gasteiger partial charge in [0.2, 0.25) is 5.91 Å². The number of carboxylic acids is 1. The molecule has 1 fully saturated rings. The quantitative estimate of drug-likeness (QED) is 0.683. The lowest BCUT2D eigenvalue weighted by molar-refractivity contribution is -0.150. The van der Waals surface area contributed by atoms with Crippen LogP contribution >= 0.6 is 11.8 Å².